The van der Waals surface area contributed by atoms with Gasteiger partial charge in [-0.1, -0.05) is 17.7 Å². The van der Waals surface area contributed by atoms with Crippen LogP contribution in [0.4, 0.5) is 23.4 Å². The summed E-state index contributed by atoms with van der Waals surface area (Å²) >= 11 is 5.99. The molecule has 2 aromatic heterocycles. The van der Waals surface area contributed by atoms with Gasteiger partial charge in [0.05, 0.1) is 6.54 Å². The number of amides is 1. The Morgan fingerprint density at radius 2 is 1.97 bits per heavy atom. The van der Waals surface area contributed by atoms with Gasteiger partial charge in [-0.2, -0.15) is 23.4 Å². The number of carbonyl (C=O) groups is 1. The smallest absolute Gasteiger partial charge is 0.307 e. The Morgan fingerprint density at radius 3 is 2.59 bits per heavy atom. The van der Waals surface area contributed by atoms with Gasteiger partial charge < -0.3 is 5.32 Å². The van der Waals surface area contributed by atoms with E-state index in [9.17, 15) is 22.4 Å². The minimum atomic E-state index is -4.59. The van der Waals surface area contributed by atoms with Crippen LogP contribution in [-0.2, 0) is 17.5 Å². The van der Waals surface area contributed by atoms with Crippen molar-refractivity contribution in [3.8, 4) is 0 Å². The molecule has 1 unspecified atom stereocenters. The van der Waals surface area contributed by atoms with Gasteiger partial charge in [-0.25, -0.2) is 4.39 Å². The summed E-state index contributed by atoms with van der Waals surface area (Å²) in [6, 6.07) is 5.41. The van der Waals surface area contributed by atoms with Gasteiger partial charge in [0.15, 0.2) is 11.5 Å². The van der Waals surface area contributed by atoms with E-state index in [0.717, 1.165) is 10.7 Å². The van der Waals surface area contributed by atoms with Gasteiger partial charge in [0.1, 0.15) is 11.9 Å². The molecule has 11 heteroatoms. The first-order chi connectivity index (χ1) is 13.5. The molecule has 29 heavy (non-hydrogen) atoms. The highest BCUT2D eigenvalue weighted by molar-refractivity contribution is 6.31. The Labute approximate surface area is 168 Å². The number of nitrogens with one attached hydrogen (secondary N) is 1. The van der Waals surface area contributed by atoms with Crippen molar-refractivity contribution in [2.24, 2.45) is 0 Å². The minimum absolute atomic E-state index is 0.205. The van der Waals surface area contributed by atoms with E-state index in [2.05, 4.69) is 15.5 Å². The molecule has 2 heterocycles. The first-order valence-electron chi connectivity index (χ1n) is 8.46. The van der Waals surface area contributed by atoms with Crippen molar-refractivity contribution in [1.82, 2.24) is 19.6 Å². The number of hydrogen-bond acceptors (Lipinski definition) is 3. The van der Waals surface area contributed by atoms with E-state index in [1.54, 1.807) is 6.20 Å². The fourth-order valence-electron chi connectivity index (χ4n) is 2.70. The summed E-state index contributed by atoms with van der Waals surface area (Å²) in [6.45, 7) is 3.12. The molecule has 1 aromatic carbocycles. The predicted molar refractivity (Wildman–Crippen MR) is 98.0 cm³/mol. The average molecular weight is 430 g/mol. The lowest BCUT2D eigenvalue weighted by Gasteiger charge is -2.13. The second-order valence-electron chi connectivity index (χ2n) is 6.41. The lowest BCUT2D eigenvalue weighted by molar-refractivity contribution is -0.141. The van der Waals surface area contributed by atoms with Crippen molar-refractivity contribution in [2.45, 2.75) is 32.6 Å². The van der Waals surface area contributed by atoms with E-state index in [-0.39, 0.29) is 23.1 Å². The molecule has 0 aliphatic heterocycles. The molecule has 0 saturated carbocycles. The van der Waals surface area contributed by atoms with Crippen molar-refractivity contribution >= 4 is 23.3 Å². The highest BCUT2D eigenvalue weighted by Crippen LogP contribution is 2.29. The molecule has 3 aromatic rings. The molecule has 1 atom stereocenters. The van der Waals surface area contributed by atoms with Crippen molar-refractivity contribution in [3.63, 3.8) is 0 Å². The average Bonchev–Trinajstić information content (AvgIpc) is 3.23. The molecule has 154 valence electrons. The molecule has 1 N–H and O–H groups in total. The molecular formula is C18H16ClF4N5O. The van der Waals surface area contributed by atoms with E-state index in [4.69, 9.17) is 11.6 Å². The maximum Gasteiger partial charge on any atom is 0.435 e. The Hall–Kier alpha value is -2.88. The summed E-state index contributed by atoms with van der Waals surface area (Å²) in [5.41, 5.74) is -0.221. The second-order valence-corrected chi connectivity index (χ2v) is 6.82. The van der Waals surface area contributed by atoms with E-state index in [1.807, 2.05) is 0 Å². The summed E-state index contributed by atoms with van der Waals surface area (Å²) in [6.07, 6.45) is -3.01. The standard InChI is InChI=1S/C18H16ClF4N5O/c1-10-7-15(18(21,22)23)25-28(10)11(2)17(29)24-16-5-6-27(26-16)9-12-3-4-13(20)8-14(12)19/h3-8,11H,9H2,1-2H3,(H,24,26,29). The SMILES string of the molecule is Cc1cc(C(F)(F)F)nn1C(C)C(=O)Nc1ccn(Cc2ccc(F)cc2Cl)n1. The zero-order valence-electron chi connectivity index (χ0n) is 15.3. The first kappa shape index (κ1) is 20.8. The van der Waals surface area contributed by atoms with Gasteiger partial charge in [0.2, 0.25) is 5.91 Å². The third-order valence-corrected chi connectivity index (χ3v) is 4.55. The largest absolute Gasteiger partial charge is 0.435 e. The van der Waals surface area contributed by atoms with Gasteiger partial charge in [0, 0.05) is 23.0 Å². The van der Waals surface area contributed by atoms with E-state index in [0.29, 0.717) is 5.56 Å². The molecule has 0 aliphatic rings. The summed E-state index contributed by atoms with van der Waals surface area (Å²) in [7, 11) is 0. The first-order valence-corrected chi connectivity index (χ1v) is 8.84. The zero-order chi connectivity index (χ0) is 21.3. The second kappa shape index (κ2) is 7.86. The molecular weight excluding hydrogens is 414 g/mol. The monoisotopic (exact) mass is 429 g/mol. The van der Waals surface area contributed by atoms with Gasteiger partial charge in [-0.05, 0) is 37.6 Å². The van der Waals surface area contributed by atoms with E-state index >= 15 is 0 Å². The van der Waals surface area contributed by atoms with Crippen molar-refractivity contribution in [1.29, 1.82) is 0 Å². The number of hydrogen-bond donors (Lipinski definition) is 1. The van der Waals surface area contributed by atoms with Crippen molar-refractivity contribution in [3.05, 3.63) is 64.3 Å². The van der Waals surface area contributed by atoms with Crippen LogP contribution in [0.1, 0.15) is 29.9 Å². The summed E-state index contributed by atoms with van der Waals surface area (Å²) in [5, 5.41) is 10.4. The van der Waals surface area contributed by atoms with Crippen LogP contribution in [-0.4, -0.2) is 25.5 Å². The molecule has 0 fully saturated rings. The topological polar surface area (TPSA) is 64.7 Å². The Balaban J connectivity index is 1.69. The molecule has 0 bridgehead atoms. The molecule has 0 saturated heterocycles. The van der Waals surface area contributed by atoms with Crippen LogP contribution in [0.5, 0.6) is 0 Å². The number of carbonyl (C=O) groups excluding carboxylic acids is 1. The number of nitrogens with zero attached hydrogens (tertiary/aromatic N) is 4. The van der Waals surface area contributed by atoms with E-state index in [1.165, 1.54) is 42.8 Å². The van der Waals surface area contributed by atoms with Crippen molar-refractivity contribution in [2.75, 3.05) is 5.32 Å². The number of benzene rings is 1. The summed E-state index contributed by atoms with van der Waals surface area (Å²) in [4.78, 5) is 12.4. The zero-order valence-corrected chi connectivity index (χ0v) is 16.1. The molecule has 0 aliphatic carbocycles. The Kier molecular flexibility index (Phi) is 5.65. The van der Waals surface area contributed by atoms with Gasteiger partial charge in [-0.15, -0.1) is 0 Å². The lowest BCUT2D eigenvalue weighted by atomic mass is 10.2. The maximum absolute atomic E-state index is 13.1. The third kappa shape index (κ3) is 4.76. The highest BCUT2D eigenvalue weighted by Gasteiger charge is 2.35. The molecule has 1 amide bonds. The van der Waals surface area contributed by atoms with Crippen LogP contribution in [0.15, 0.2) is 36.5 Å². The minimum Gasteiger partial charge on any atom is -0.307 e. The maximum atomic E-state index is 13.1. The van der Waals surface area contributed by atoms with Gasteiger partial charge in [-0.3, -0.25) is 14.2 Å². The summed E-state index contributed by atoms with van der Waals surface area (Å²) in [5.74, 6) is -0.820. The molecule has 3 rings (SSSR count). The van der Waals surface area contributed by atoms with Crippen LogP contribution in [0.2, 0.25) is 5.02 Å². The van der Waals surface area contributed by atoms with Crippen LogP contribution < -0.4 is 5.32 Å². The summed E-state index contributed by atoms with van der Waals surface area (Å²) < 4.78 is 54.0. The Bertz CT molecular complexity index is 1040. The molecule has 0 spiro atoms. The van der Waals surface area contributed by atoms with Gasteiger partial charge >= 0.3 is 6.18 Å². The predicted octanol–water partition coefficient (Wildman–Crippen LogP) is 4.45. The quantitative estimate of drug-likeness (QED) is 0.609. The highest BCUT2D eigenvalue weighted by atomic mass is 35.5. The third-order valence-electron chi connectivity index (χ3n) is 4.20. The van der Waals surface area contributed by atoms with Crippen LogP contribution in [0.25, 0.3) is 0 Å². The fraction of sp³-hybridized carbons (Fsp3) is 0.278. The number of aromatic nitrogens is 4. The fourth-order valence-corrected chi connectivity index (χ4v) is 2.93. The van der Waals surface area contributed by atoms with Gasteiger partial charge in [0.25, 0.3) is 0 Å². The van der Waals surface area contributed by atoms with Crippen molar-refractivity contribution < 1.29 is 22.4 Å². The normalized spacial score (nSPS) is 12.8. The number of rotatable bonds is 5. The number of halogens is 5. The number of alkyl halides is 3. The molecule has 6 nitrogen and oxygen atoms in total. The Morgan fingerprint density at radius 1 is 1.24 bits per heavy atom. The van der Waals surface area contributed by atoms with Crippen LogP contribution in [0.3, 0.4) is 0 Å². The van der Waals surface area contributed by atoms with Crippen LogP contribution in [0, 0.1) is 12.7 Å². The molecule has 0 radical (unpaired) electrons. The lowest BCUT2D eigenvalue weighted by Crippen LogP contribution is -2.26. The number of anilines is 1. The number of aryl methyl sites for hydroxylation is 1. The van der Waals surface area contributed by atoms with Crippen LogP contribution >= 0.6 is 11.6 Å². The van der Waals surface area contributed by atoms with E-state index < -0.39 is 29.6 Å².